The first-order valence-electron chi connectivity index (χ1n) is 7.12. The zero-order chi connectivity index (χ0) is 15.3. The summed E-state index contributed by atoms with van der Waals surface area (Å²) in [4.78, 5) is -0.257. The van der Waals surface area contributed by atoms with E-state index in [-0.39, 0.29) is 11.0 Å². The van der Waals surface area contributed by atoms with Crippen LogP contribution in [0.1, 0.15) is 19.3 Å². The molecule has 1 heterocycles. The third-order valence-corrected chi connectivity index (χ3v) is 5.49. The van der Waals surface area contributed by atoms with E-state index >= 15 is 0 Å². The molecule has 1 fully saturated rings. The highest BCUT2D eigenvalue weighted by molar-refractivity contribution is 7.89. The molecule has 1 saturated heterocycles. The Balaban J connectivity index is 1.97. The average Bonchev–Trinajstić information content (AvgIpc) is 2.48. The topological polar surface area (TPSA) is 72.6 Å². The van der Waals surface area contributed by atoms with Gasteiger partial charge in [0.15, 0.2) is 0 Å². The van der Waals surface area contributed by atoms with E-state index in [0.717, 1.165) is 12.5 Å². The molecule has 2 N–H and O–H groups in total. The van der Waals surface area contributed by atoms with Gasteiger partial charge in [0, 0.05) is 19.7 Å². The monoisotopic (exact) mass is 316 g/mol. The van der Waals surface area contributed by atoms with Crippen molar-refractivity contribution in [1.82, 2.24) is 4.31 Å². The molecule has 0 aromatic heterocycles. The molecule has 0 saturated carbocycles. The number of halogens is 1. The number of piperidine rings is 1. The predicted molar refractivity (Wildman–Crippen MR) is 77.8 cm³/mol. The fraction of sp³-hybridized carbons (Fsp3) is 0.571. The molecule has 118 valence electrons. The first-order chi connectivity index (χ1) is 10.1. The van der Waals surface area contributed by atoms with Gasteiger partial charge in [-0.05, 0) is 37.9 Å². The van der Waals surface area contributed by atoms with E-state index in [4.69, 9.17) is 10.5 Å². The van der Waals surface area contributed by atoms with Crippen molar-refractivity contribution < 1.29 is 17.5 Å². The van der Waals surface area contributed by atoms with Crippen LogP contribution < -0.4 is 5.73 Å². The lowest BCUT2D eigenvalue weighted by molar-refractivity contribution is 0.0208. The Hall–Kier alpha value is -1.02. The lowest BCUT2D eigenvalue weighted by Gasteiger charge is -2.31. The second-order valence-electron chi connectivity index (χ2n) is 5.05. The second-order valence-corrected chi connectivity index (χ2v) is 6.95. The van der Waals surface area contributed by atoms with E-state index in [1.165, 1.54) is 22.5 Å². The van der Waals surface area contributed by atoms with Gasteiger partial charge in [-0.15, -0.1) is 0 Å². The summed E-state index contributed by atoms with van der Waals surface area (Å²) in [7, 11) is -3.76. The number of sulfonamides is 1. The van der Waals surface area contributed by atoms with Crippen molar-refractivity contribution in [2.45, 2.75) is 30.3 Å². The van der Waals surface area contributed by atoms with Crippen LogP contribution in [0.25, 0.3) is 0 Å². The predicted octanol–water partition coefficient (Wildman–Crippen LogP) is 1.34. The van der Waals surface area contributed by atoms with Gasteiger partial charge < -0.3 is 10.5 Å². The molecule has 1 aromatic carbocycles. The summed E-state index contributed by atoms with van der Waals surface area (Å²) in [6.45, 7) is 1.88. The highest BCUT2D eigenvalue weighted by Crippen LogP contribution is 2.23. The van der Waals surface area contributed by atoms with E-state index in [1.54, 1.807) is 0 Å². The van der Waals surface area contributed by atoms with Gasteiger partial charge in [-0.25, -0.2) is 12.8 Å². The molecule has 0 radical (unpaired) electrons. The Kier molecular flexibility index (Phi) is 5.69. The molecular formula is C14H21FN2O3S. The van der Waals surface area contributed by atoms with Gasteiger partial charge in [-0.3, -0.25) is 0 Å². The van der Waals surface area contributed by atoms with Crippen molar-refractivity contribution in [3.63, 3.8) is 0 Å². The number of hydrogen-bond donors (Lipinski definition) is 1. The quantitative estimate of drug-likeness (QED) is 0.804. The van der Waals surface area contributed by atoms with Crippen molar-refractivity contribution in [1.29, 1.82) is 0 Å². The van der Waals surface area contributed by atoms with Gasteiger partial charge in [0.05, 0.1) is 6.10 Å². The van der Waals surface area contributed by atoms with Crippen LogP contribution >= 0.6 is 0 Å². The van der Waals surface area contributed by atoms with Crippen LogP contribution in [0, 0.1) is 5.82 Å². The molecule has 2 rings (SSSR count). The van der Waals surface area contributed by atoms with Crippen LogP contribution in [0.3, 0.4) is 0 Å². The van der Waals surface area contributed by atoms with E-state index in [9.17, 15) is 12.8 Å². The van der Waals surface area contributed by atoms with Crippen LogP contribution in [0.4, 0.5) is 4.39 Å². The minimum Gasteiger partial charge on any atom is -0.378 e. The molecule has 1 aromatic rings. The van der Waals surface area contributed by atoms with Gasteiger partial charge in [0.25, 0.3) is 0 Å². The normalized spacial score (nSPS) is 18.0. The number of rotatable bonds is 6. The number of nitrogens with zero attached hydrogens (tertiary/aromatic N) is 1. The number of nitrogens with two attached hydrogens (primary N) is 1. The Bertz CT molecular complexity index is 557. The molecule has 0 amide bonds. The largest absolute Gasteiger partial charge is 0.378 e. The summed E-state index contributed by atoms with van der Waals surface area (Å²) in [5.74, 6) is -0.709. The highest BCUT2D eigenvalue weighted by atomic mass is 32.2. The van der Waals surface area contributed by atoms with Crippen molar-refractivity contribution >= 4 is 10.0 Å². The van der Waals surface area contributed by atoms with Crippen LogP contribution in [0.2, 0.25) is 0 Å². The van der Waals surface area contributed by atoms with Crippen LogP contribution in [0.15, 0.2) is 29.2 Å². The standard InChI is InChI=1S/C14H21FN2O3S/c15-13-4-1-2-5-14(13)21(18,19)17-9-6-12(7-10-17)20-11-3-8-16/h1-2,4-5,12H,3,6-11,16H2. The first kappa shape index (κ1) is 16.4. The van der Waals surface area contributed by atoms with Gasteiger partial charge in [-0.2, -0.15) is 4.31 Å². The number of benzene rings is 1. The maximum absolute atomic E-state index is 13.7. The first-order valence-corrected chi connectivity index (χ1v) is 8.56. The molecular weight excluding hydrogens is 295 g/mol. The van der Waals surface area contributed by atoms with Gasteiger partial charge in [0.1, 0.15) is 10.7 Å². The smallest absolute Gasteiger partial charge is 0.245 e. The molecule has 0 unspecified atom stereocenters. The van der Waals surface area contributed by atoms with Gasteiger partial charge >= 0.3 is 0 Å². The summed E-state index contributed by atoms with van der Waals surface area (Å²) < 4.78 is 45.5. The summed E-state index contributed by atoms with van der Waals surface area (Å²) in [5, 5.41) is 0. The molecule has 1 aliphatic rings. The van der Waals surface area contributed by atoms with Crippen LogP contribution in [-0.2, 0) is 14.8 Å². The van der Waals surface area contributed by atoms with Gasteiger partial charge in [-0.1, -0.05) is 12.1 Å². The molecule has 0 atom stereocenters. The van der Waals surface area contributed by atoms with Crippen molar-refractivity contribution in [2.24, 2.45) is 5.73 Å². The fourth-order valence-corrected chi connectivity index (χ4v) is 3.90. The minimum absolute atomic E-state index is 0.0589. The SMILES string of the molecule is NCCCOC1CCN(S(=O)(=O)c2ccccc2F)CC1. The Labute approximate surface area is 124 Å². The number of hydrogen-bond acceptors (Lipinski definition) is 4. The number of ether oxygens (including phenoxy) is 1. The third-order valence-electron chi connectivity index (χ3n) is 3.56. The second kappa shape index (κ2) is 7.31. The molecule has 1 aliphatic heterocycles. The van der Waals surface area contributed by atoms with E-state index in [1.807, 2.05) is 0 Å². The molecule has 21 heavy (non-hydrogen) atoms. The van der Waals surface area contributed by atoms with Crippen molar-refractivity contribution in [3.8, 4) is 0 Å². The Morgan fingerprint density at radius 1 is 1.29 bits per heavy atom. The summed E-state index contributed by atoms with van der Waals surface area (Å²) in [6, 6.07) is 5.47. The summed E-state index contributed by atoms with van der Waals surface area (Å²) in [5.41, 5.74) is 5.40. The van der Waals surface area contributed by atoms with Crippen molar-refractivity contribution in [3.05, 3.63) is 30.1 Å². The molecule has 0 aliphatic carbocycles. The lowest BCUT2D eigenvalue weighted by Crippen LogP contribution is -2.41. The van der Waals surface area contributed by atoms with Crippen molar-refractivity contribution in [2.75, 3.05) is 26.2 Å². The van der Waals surface area contributed by atoms with E-state index in [2.05, 4.69) is 0 Å². The highest BCUT2D eigenvalue weighted by Gasteiger charge is 2.31. The summed E-state index contributed by atoms with van der Waals surface area (Å²) >= 11 is 0. The molecule has 7 heteroatoms. The molecule has 0 spiro atoms. The summed E-state index contributed by atoms with van der Waals surface area (Å²) in [6.07, 6.45) is 2.10. The van der Waals surface area contributed by atoms with Crippen LogP contribution in [-0.4, -0.2) is 45.1 Å². The Morgan fingerprint density at radius 3 is 2.57 bits per heavy atom. The maximum atomic E-state index is 13.7. The fourth-order valence-electron chi connectivity index (χ4n) is 2.37. The maximum Gasteiger partial charge on any atom is 0.245 e. The van der Waals surface area contributed by atoms with E-state index in [0.29, 0.717) is 39.1 Å². The minimum atomic E-state index is -3.76. The average molecular weight is 316 g/mol. The molecule has 0 bridgehead atoms. The lowest BCUT2D eigenvalue weighted by atomic mass is 10.1. The Morgan fingerprint density at radius 2 is 1.95 bits per heavy atom. The van der Waals surface area contributed by atoms with Crippen LogP contribution in [0.5, 0.6) is 0 Å². The molecule has 5 nitrogen and oxygen atoms in total. The zero-order valence-corrected chi connectivity index (χ0v) is 12.7. The van der Waals surface area contributed by atoms with Gasteiger partial charge in [0.2, 0.25) is 10.0 Å². The third kappa shape index (κ3) is 4.00. The zero-order valence-electron chi connectivity index (χ0n) is 11.9. The van der Waals surface area contributed by atoms with E-state index < -0.39 is 15.8 Å².